The minimum atomic E-state index is -1.35. The summed E-state index contributed by atoms with van der Waals surface area (Å²) < 4.78 is 13.0. The molecule has 7 atom stereocenters. The molecule has 0 aromatic heterocycles. The molecule has 3 aliphatic heterocycles. The van der Waals surface area contributed by atoms with E-state index in [1.54, 1.807) is 17.1 Å². The highest BCUT2D eigenvalue weighted by atomic mass is 16.6. The number of aliphatic hydroxyl groups excluding tert-OH is 1. The van der Waals surface area contributed by atoms with E-state index in [1.807, 2.05) is 84.9 Å². The second-order valence-corrected chi connectivity index (χ2v) is 14.3. The van der Waals surface area contributed by atoms with Gasteiger partial charge in [-0.15, -0.1) is 13.2 Å². The molecule has 3 aromatic carbocycles. The summed E-state index contributed by atoms with van der Waals surface area (Å²) >= 11 is 0. The second-order valence-electron chi connectivity index (χ2n) is 14.3. The van der Waals surface area contributed by atoms with Crippen LogP contribution >= 0.6 is 0 Å². The molecule has 1 spiro atoms. The molecule has 3 aliphatic rings. The normalized spacial score (nSPS) is 23.4. The number of amides is 3. The van der Waals surface area contributed by atoms with E-state index in [0.29, 0.717) is 36.1 Å². The van der Waals surface area contributed by atoms with Gasteiger partial charge in [-0.25, -0.2) is 0 Å². The van der Waals surface area contributed by atoms with Crippen LogP contribution in [-0.2, 0) is 28.7 Å². The molecule has 3 saturated heterocycles. The molecular weight excluding hydrogens is 697 g/mol. The third-order valence-corrected chi connectivity index (χ3v) is 11.3. The Hall–Kier alpha value is -5.26. The van der Waals surface area contributed by atoms with E-state index >= 15 is 9.59 Å². The van der Waals surface area contributed by atoms with Crippen molar-refractivity contribution in [3.05, 3.63) is 121 Å². The van der Waals surface area contributed by atoms with E-state index < -0.39 is 60.2 Å². The lowest BCUT2D eigenvalue weighted by molar-refractivity contribution is -0.161. The number of carbonyl (C=O) groups excluding carboxylic acids is 4. The molecule has 2 N–H and O–H groups in total. The van der Waals surface area contributed by atoms with E-state index in [-0.39, 0.29) is 31.3 Å². The van der Waals surface area contributed by atoms with Crippen LogP contribution in [0.1, 0.15) is 62.8 Å². The lowest BCUT2D eigenvalue weighted by Crippen LogP contribution is -2.57. The van der Waals surface area contributed by atoms with Crippen LogP contribution in [-0.4, -0.2) is 84.2 Å². The van der Waals surface area contributed by atoms with Crippen molar-refractivity contribution >= 4 is 35.1 Å². The topological polar surface area (TPSA) is 129 Å². The van der Waals surface area contributed by atoms with Gasteiger partial charge in [-0.05, 0) is 68.5 Å². The number of fused-ring (bicyclic) bond motifs is 1. The minimum Gasteiger partial charge on any atom is -0.455 e. The lowest BCUT2D eigenvalue weighted by atomic mass is 9.70. The molecule has 0 radical (unpaired) electrons. The fraction of sp³-hybridized carbons (Fsp3) is 0.409. The van der Waals surface area contributed by atoms with Crippen LogP contribution in [0.5, 0.6) is 0 Å². The monoisotopic (exact) mass is 748 g/mol. The maximum absolute atomic E-state index is 15.2. The number of allylic oxidation sites excluding steroid dienone is 1. The van der Waals surface area contributed by atoms with Crippen molar-refractivity contribution < 1.29 is 33.8 Å². The Balaban J connectivity index is 1.37. The van der Waals surface area contributed by atoms with Crippen molar-refractivity contribution in [1.82, 2.24) is 10.2 Å². The summed E-state index contributed by atoms with van der Waals surface area (Å²) in [5.74, 6) is -3.73. The van der Waals surface area contributed by atoms with E-state index in [0.717, 1.165) is 18.8 Å². The lowest BCUT2D eigenvalue weighted by Gasteiger charge is -2.39. The summed E-state index contributed by atoms with van der Waals surface area (Å²) in [5, 5.41) is 13.8. The van der Waals surface area contributed by atoms with Crippen LogP contribution in [0.3, 0.4) is 0 Å². The molecule has 3 fully saturated rings. The van der Waals surface area contributed by atoms with Crippen LogP contribution in [0, 0.1) is 11.8 Å². The first-order chi connectivity index (χ1) is 26.7. The Bertz CT molecular complexity index is 1830. The van der Waals surface area contributed by atoms with Gasteiger partial charge in [0.2, 0.25) is 11.8 Å². The highest BCUT2D eigenvalue weighted by Crippen LogP contribution is 2.60. The van der Waals surface area contributed by atoms with E-state index in [2.05, 4.69) is 37.2 Å². The quantitative estimate of drug-likeness (QED) is 0.129. The zero-order valence-corrected chi connectivity index (χ0v) is 31.7. The fourth-order valence-corrected chi connectivity index (χ4v) is 8.68. The molecule has 3 heterocycles. The zero-order chi connectivity index (χ0) is 39.1. The molecule has 11 heteroatoms. The molecule has 0 aliphatic carbocycles. The summed E-state index contributed by atoms with van der Waals surface area (Å²) in [4.78, 5) is 62.5. The number of nitrogens with zero attached hydrogens (tertiary/aromatic N) is 3. The number of ether oxygens (including phenoxy) is 2. The van der Waals surface area contributed by atoms with Crippen LogP contribution in [0.2, 0.25) is 0 Å². The van der Waals surface area contributed by atoms with Gasteiger partial charge in [-0.1, -0.05) is 72.8 Å². The molecule has 3 aromatic rings. The van der Waals surface area contributed by atoms with Crippen molar-refractivity contribution in [2.75, 3.05) is 42.6 Å². The summed E-state index contributed by atoms with van der Waals surface area (Å²) in [6, 6.07) is 23.9. The molecule has 0 saturated carbocycles. The highest BCUT2D eigenvalue weighted by molar-refractivity contribution is 6.05. The van der Waals surface area contributed by atoms with E-state index in [1.165, 1.54) is 4.90 Å². The summed E-state index contributed by atoms with van der Waals surface area (Å²) in [7, 11) is 0. The molecule has 55 heavy (non-hydrogen) atoms. The van der Waals surface area contributed by atoms with Crippen LogP contribution < -0.4 is 15.1 Å². The molecule has 3 amide bonds. The maximum atomic E-state index is 15.2. The molecular formula is C44H52N4O7. The molecule has 2 bridgehead atoms. The van der Waals surface area contributed by atoms with Gasteiger partial charge in [-0.3, -0.25) is 19.2 Å². The first-order valence-electron chi connectivity index (χ1n) is 19.3. The predicted molar refractivity (Wildman–Crippen MR) is 211 cm³/mol. The number of esters is 1. The summed E-state index contributed by atoms with van der Waals surface area (Å²) in [5.41, 5.74) is 1.62. The average Bonchev–Trinajstić information content (AvgIpc) is 3.86. The first kappa shape index (κ1) is 39.4. The van der Waals surface area contributed by atoms with E-state index in [9.17, 15) is 14.7 Å². The van der Waals surface area contributed by atoms with Gasteiger partial charge < -0.3 is 34.6 Å². The number of benzene rings is 3. The Morgan fingerprint density at radius 2 is 1.60 bits per heavy atom. The third kappa shape index (κ3) is 7.68. The minimum absolute atomic E-state index is 0.0329. The fourth-order valence-electron chi connectivity index (χ4n) is 8.68. The van der Waals surface area contributed by atoms with E-state index in [4.69, 9.17) is 9.47 Å². The Kier molecular flexibility index (Phi) is 12.5. The van der Waals surface area contributed by atoms with Gasteiger partial charge in [0, 0.05) is 37.4 Å². The Labute approximate surface area is 323 Å². The van der Waals surface area contributed by atoms with Gasteiger partial charge in [-0.2, -0.15) is 0 Å². The van der Waals surface area contributed by atoms with Gasteiger partial charge in [0.15, 0.2) is 0 Å². The zero-order valence-electron chi connectivity index (χ0n) is 31.7. The molecule has 11 nitrogen and oxygen atoms in total. The largest absolute Gasteiger partial charge is 0.455 e. The van der Waals surface area contributed by atoms with Crippen molar-refractivity contribution in [2.24, 2.45) is 11.8 Å². The van der Waals surface area contributed by atoms with Crippen LogP contribution in [0.4, 0.5) is 11.4 Å². The second kappa shape index (κ2) is 17.5. The van der Waals surface area contributed by atoms with Crippen molar-refractivity contribution in [2.45, 2.75) is 69.4 Å². The standard InChI is InChI=1S/C44H52N4O7/c1-5-9-20-37(50)45-28-36(31-18-14-11-15-19-31)54-43(53)38-35-25-26-44(55-35)39(38)41(51)48(34(29-49)30-16-12-10-13-17-30)40(44)42(52)47(27-6-2)33-23-21-32(22-24-33)46(7-3)8-4/h5-6,10-19,21-24,34-36,38-40,49H,1-2,7-9,20,25-29H2,3-4H3,(H,45,50)/t34-,35-,36+,38+,39+,40-,44+/m1/s1. The number of hydrogen-bond acceptors (Lipinski definition) is 8. The molecule has 0 unspecified atom stereocenters. The number of rotatable bonds is 18. The van der Waals surface area contributed by atoms with Crippen LogP contribution in [0.15, 0.2) is 110 Å². The van der Waals surface area contributed by atoms with Crippen molar-refractivity contribution in [3.8, 4) is 0 Å². The average molecular weight is 749 g/mol. The smallest absolute Gasteiger partial charge is 0.313 e. The number of nitrogens with one attached hydrogen (secondary N) is 1. The van der Waals surface area contributed by atoms with Gasteiger partial charge in [0.05, 0.1) is 37.1 Å². The van der Waals surface area contributed by atoms with Crippen molar-refractivity contribution in [3.63, 3.8) is 0 Å². The molecule has 290 valence electrons. The highest BCUT2D eigenvalue weighted by Gasteiger charge is 2.76. The number of likely N-dealkylation sites (tertiary alicyclic amines) is 1. The number of aliphatic hydroxyl groups is 1. The van der Waals surface area contributed by atoms with Crippen LogP contribution in [0.25, 0.3) is 0 Å². The Morgan fingerprint density at radius 3 is 2.20 bits per heavy atom. The summed E-state index contributed by atoms with van der Waals surface area (Å²) in [6.07, 6.45) is 3.36. The maximum Gasteiger partial charge on any atom is 0.313 e. The predicted octanol–water partition coefficient (Wildman–Crippen LogP) is 5.53. The third-order valence-electron chi connectivity index (χ3n) is 11.3. The SMILES string of the molecule is C=CCCC(=O)NC[C@H](OC(=O)[C@@H]1[C@H]2C(=O)N([C@H](CO)c3ccccc3)[C@H](C(=O)N(CC=C)c3ccc(N(CC)CC)cc3)[C@]23CC[C@H]1O3)c1ccccc1. The number of carbonyl (C=O) groups is 4. The molecule has 6 rings (SSSR count). The van der Waals surface area contributed by atoms with Gasteiger partial charge in [0.25, 0.3) is 5.91 Å². The number of hydrogen-bond donors (Lipinski definition) is 2. The first-order valence-corrected chi connectivity index (χ1v) is 19.3. The Morgan fingerprint density at radius 1 is 0.964 bits per heavy atom. The van der Waals surface area contributed by atoms with Crippen molar-refractivity contribution in [1.29, 1.82) is 0 Å². The van der Waals surface area contributed by atoms with Gasteiger partial charge in [0.1, 0.15) is 17.7 Å². The van der Waals surface area contributed by atoms with Gasteiger partial charge >= 0.3 is 5.97 Å². The number of anilines is 2. The summed E-state index contributed by atoms with van der Waals surface area (Å²) in [6.45, 7) is 13.2.